The predicted octanol–water partition coefficient (Wildman–Crippen LogP) is 1.59. The number of carboxylic acid groups (broad SMARTS) is 2. The second-order valence-corrected chi connectivity index (χ2v) is 5.75. The molecule has 0 unspecified atom stereocenters. The van der Waals surface area contributed by atoms with Gasteiger partial charge in [-0.2, -0.15) is 0 Å². The number of hydrogen-bond acceptors (Lipinski definition) is 8. The summed E-state index contributed by atoms with van der Waals surface area (Å²) in [7, 11) is 0. The number of rotatable bonds is 14. The highest BCUT2D eigenvalue weighted by atomic mass is 16.6. The fourth-order valence-corrected chi connectivity index (χ4v) is 1.95. The molecular formula is C17H24O10. The fourth-order valence-electron chi connectivity index (χ4n) is 1.95. The molecule has 0 fully saturated rings. The van der Waals surface area contributed by atoms with Gasteiger partial charge in [-0.15, -0.1) is 0 Å². The number of aliphatic carboxylic acids is 2. The summed E-state index contributed by atoms with van der Waals surface area (Å²) >= 11 is 0. The van der Waals surface area contributed by atoms with Crippen LogP contribution in [0.1, 0.15) is 70.6 Å². The molecule has 2 N–H and O–H groups in total. The summed E-state index contributed by atoms with van der Waals surface area (Å²) in [6.45, 7) is 0. The Bertz CT molecular complexity index is 504. The van der Waals surface area contributed by atoms with Gasteiger partial charge in [-0.3, -0.25) is 28.8 Å². The molecular weight excluding hydrogens is 364 g/mol. The zero-order chi connectivity index (χ0) is 20.7. The van der Waals surface area contributed by atoms with E-state index < -0.39 is 35.8 Å². The molecule has 0 saturated heterocycles. The van der Waals surface area contributed by atoms with Gasteiger partial charge in [-0.1, -0.05) is 19.3 Å². The Morgan fingerprint density at radius 3 is 1.07 bits per heavy atom. The summed E-state index contributed by atoms with van der Waals surface area (Å²) in [4.78, 5) is 65.5. The van der Waals surface area contributed by atoms with Crippen LogP contribution >= 0.6 is 0 Å². The second-order valence-electron chi connectivity index (χ2n) is 5.75. The summed E-state index contributed by atoms with van der Waals surface area (Å²) in [5.74, 6) is -5.42. The van der Waals surface area contributed by atoms with E-state index in [9.17, 15) is 28.8 Å². The number of carbonyl (C=O) groups excluding carboxylic acids is 4. The first-order valence-corrected chi connectivity index (χ1v) is 8.61. The lowest BCUT2D eigenvalue weighted by Crippen LogP contribution is -2.13. The molecule has 10 heteroatoms. The van der Waals surface area contributed by atoms with Crippen molar-refractivity contribution in [2.45, 2.75) is 70.6 Å². The van der Waals surface area contributed by atoms with Crippen molar-refractivity contribution in [2.75, 3.05) is 0 Å². The Kier molecular flexibility index (Phi) is 12.9. The lowest BCUT2D eigenvalue weighted by molar-refractivity contribution is -0.162. The van der Waals surface area contributed by atoms with E-state index in [1.807, 2.05) is 0 Å². The van der Waals surface area contributed by atoms with Gasteiger partial charge in [0, 0.05) is 12.8 Å². The standard InChI is InChI=1S/C17H24O10/c18-12(19)8-10-16(24)26-14(22)6-4-2-1-3-5-7-15(23)27-17(25)11-9-13(20)21/h1-11H2,(H,18,19)(H,20,21). The van der Waals surface area contributed by atoms with Crippen LogP contribution in [0.25, 0.3) is 0 Å². The molecule has 0 saturated carbocycles. The Morgan fingerprint density at radius 1 is 0.444 bits per heavy atom. The minimum Gasteiger partial charge on any atom is -0.481 e. The number of hydrogen-bond donors (Lipinski definition) is 2. The maximum absolute atomic E-state index is 11.4. The molecule has 0 aliphatic rings. The molecule has 0 spiro atoms. The first kappa shape index (κ1) is 24.2. The van der Waals surface area contributed by atoms with E-state index in [4.69, 9.17) is 10.2 Å². The normalized spacial score (nSPS) is 10.1. The summed E-state index contributed by atoms with van der Waals surface area (Å²) in [6.07, 6.45) is 1.64. The highest BCUT2D eigenvalue weighted by Crippen LogP contribution is 2.09. The van der Waals surface area contributed by atoms with Gasteiger partial charge >= 0.3 is 35.8 Å². The predicted molar refractivity (Wildman–Crippen MR) is 88.3 cm³/mol. The minimum absolute atomic E-state index is 0.0406. The van der Waals surface area contributed by atoms with Crippen LogP contribution in [0.4, 0.5) is 0 Å². The van der Waals surface area contributed by atoms with E-state index >= 15 is 0 Å². The molecule has 0 aliphatic carbocycles. The van der Waals surface area contributed by atoms with E-state index in [1.54, 1.807) is 0 Å². The summed E-state index contributed by atoms with van der Waals surface area (Å²) < 4.78 is 8.92. The highest BCUT2D eigenvalue weighted by molar-refractivity contribution is 5.87. The zero-order valence-corrected chi connectivity index (χ0v) is 14.9. The maximum atomic E-state index is 11.4. The molecule has 0 heterocycles. The molecule has 0 amide bonds. The monoisotopic (exact) mass is 388 g/mol. The highest BCUT2D eigenvalue weighted by Gasteiger charge is 2.13. The summed E-state index contributed by atoms with van der Waals surface area (Å²) in [5, 5.41) is 16.8. The lowest BCUT2D eigenvalue weighted by atomic mass is 10.1. The van der Waals surface area contributed by atoms with Crippen LogP contribution in [0.3, 0.4) is 0 Å². The molecule has 0 aliphatic heterocycles. The molecule has 0 bridgehead atoms. The number of esters is 4. The third-order valence-corrected chi connectivity index (χ3v) is 3.30. The summed E-state index contributed by atoms with van der Waals surface area (Å²) in [5.41, 5.74) is 0. The van der Waals surface area contributed by atoms with E-state index in [1.165, 1.54) is 0 Å². The first-order valence-electron chi connectivity index (χ1n) is 8.61. The Hall–Kier alpha value is -2.78. The van der Waals surface area contributed by atoms with Gasteiger partial charge in [0.25, 0.3) is 0 Å². The van der Waals surface area contributed by atoms with Crippen LogP contribution < -0.4 is 0 Å². The average Bonchev–Trinajstić information content (AvgIpc) is 2.57. The second kappa shape index (κ2) is 14.4. The zero-order valence-electron chi connectivity index (χ0n) is 14.9. The van der Waals surface area contributed by atoms with E-state index in [-0.39, 0.29) is 38.5 Å². The molecule has 0 aromatic carbocycles. The number of ether oxygens (including phenoxy) is 2. The quantitative estimate of drug-likeness (QED) is 0.254. The first-order chi connectivity index (χ1) is 12.7. The molecule has 27 heavy (non-hydrogen) atoms. The number of carboxylic acids is 2. The molecule has 0 rings (SSSR count). The third-order valence-electron chi connectivity index (χ3n) is 3.30. The Morgan fingerprint density at radius 2 is 0.741 bits per heavy atom. The smallest absolute Gasteiger partial charge is 0.314 e. The van der Waals surface area contributed by atoms with Crippen molar-refractivity contribution in [2.24, 2.45) is 0 Å². The molecule has 0 radical (unpaired) electrons. The number of unbranched alkanes of at least 4 members (excludes halogenated alkanes) is 4. The van der Waals surface area contributed by atoms with Crippen molar-refractivity contribution in [1.29, 1.82) is 0 Å². The third kappa shape index (κ3) is 16.4. The SMILES string of the molecule is O=C(O)CCC(=O)OC(=O)CCCCCCCC(=O)OC(=O)CCC(=O)O. The molecule has 10 nitrogen and oxygen atoms in total. The minimum atomic E-state index is -1.15. The molecule has 0 aromatic rings. The van der Waals surface area contributed by atoms with Gasteiger partial charge in [0.1, 0.15) is 0 Å². The fraction of sp³-hybridized carbons (Fsp3) is 0.647. The van der Waals surface area contributed by atoms with Crippen LogP contribution in [0.5, 0.6) is 0 Å². The van der Waals surface area contributed by atoms with Crippen molar-refractivity contribution in [3.8, 4) is 0 Å². The Labute approximate surface area is 155 Å². The molecule has 152 valence electrons. The average molecular weight is 388 g/mol. The van der Waals surface area contributed by atoms with Crippen LogP contribution in [-0.2, 0) is 38.2 Å². The summed E-state index contributed by atoms with van der Waals surface area (Å²) in [6, 6.07) is 0. The van der Waals surface area contributed by atoms with Gasteiger partial charge in [-0.25, -0.2) is 0 Å². The van der Waals surface area contributed by atoms with Crippen molar-refractivity contribution >= 4 is 35.8 Å². The van der Waals surface area contributed by atoms with Crippen LogP contribution in [0, 0.1) is 0 Å². The van der Waals surface area contributed by atoms with Crippen molar-refractivity contribution < 1.29 is 48.5 Å². The van der Waals surface area contributed by atoms with Crippen LogP contribution in [0.15, 0.2) is 0 Å². The maximum Gasteiger partial charge on any atom is 0.314 e. The number of carbonyl (C=O) groups is 6. The van der Waals surface area contributed by atoms with Gasteiger partial charge in [0.05, 0.1) is 25.7 Å². The topological polar surface area (TPSA) is 161 Å². The van der Waals surface area contributed by atoms with Gasteiger partial charge in [0.2, 0.25) is 0 Å². The van der Waals surface area contributed by atoms with E-state index in [2.05, 4.69) is 9.47 Å². The van der Waals surface area contributed by atoms with Crippen molar-refractivity contribution in [3.05, 3.63) is 0 Å². The van der Waals surface area contributed by atoms with Crippen molar-refractivity contribution in [1.82, 2.24) is 0 Å². The van der Waals surface area contributed by atoms with Crippen LogP contribution in [-0.4, -0.2) is 46.0 Å². The largest absolute Gasteiger partial charge is 0.481 e. The van der Waals surface area contributed by atoms with Crippen molar-refractivity contribution in [3.63, 3.8) is 0 Å². The van der Waals surface area contributed by atoms with Gasteiger partial charge in [-0.05, 0) is 12.8 Å². The Balaban J connectivity index is 3.60. The van der Waals surface area contributed by atoms with E-state index in [0.29, 0.717) is 25.7 Å². The van der Waals surface area contributed by atoms with Gasteiger partial charge in [0.15, 0.2) is 0 Å². The molecule has 0 aromatic heterocycles. The van der Waals surface area contributed by atoms with E-state index in [0.717, 1.165) is 6.42 Å². The van der Waals surface area contributed by atoms with Gasteiger partial charge < -0.3 is 19.7 Å². The van der Waals surface area contributed by atoms with Crippen LogP contribution in [0.2, 0.25) is 0 Å². The molecule has 0 atom stereocenters. The lowest BCUT2D eigenvalue weighted by Gasteiger charge is -2.03.